The molecular formula is C14H22NO3P. The number of benzene rings is 1. The van der Waals surface area contributed by atoms with Crippen molar-refractivity contribution in [2.24, 2.45) is 11.1 Å². The monoisotopic (exact) mass is 283 g/mol. The molecule has 0 spiro atoms. The van der Waals surface area contributed by atoms with Crippen molar-refractivity contribution < 1.29 is 14.7 Å². The zero-order valence-corrected chi connectivity index (χ0v) is 12.5. The van der Waals surface area contributed by atoms with Crippen molar-refractivity contribution >= 4 is 13.1 Å². The van der Waals surface area contributed by atoms with Gasteiger partial charge in [0.2, 0.25) is 7.37 Å². The molecule has 4 nitrogen and oxygen atoms in total. The topological polar surface area (TPSA) is 69.9 Å². The highest BCUT2D eigenvalue weighted by Crippen LogP contribution is 2.58. The summed E-state index contributed by atoms with van der Waals surface area (Å²) in [7, 11) is -3.34. The Kier molecular flexibility index (Phi) is 5.77. The second-order valence-corrected chi connectivity index (χ2v) is 7.80. The van der Waals surface area contributed by atoms with Crippen molar-refractivity contribution in [1.29, 1.82) is 0 Å². The molecule has 0 aromatic heterocycles. The fourth-order valence-electron chi connectivity index (χ4n) is 2.14. The van der Waals surface area contributed by atoms with Gasteiger partial charge in [-0.15, -0.1) is 0 Å². The molecule has 0 saturated carbocycles. The van der Waals surface area contributed by atoms with E-state index in [1.54, 1.807) is 6.92 Å². The van der Waals surface area contributed by atoms with E-state index >= 15 is 0 Å². The molecule has 2 unspecified atom stereocenters. The molecule has 5 heteroatoms. The lowest BCUT2D eigenvalue weighted by Gasteiger charge is -2.24. The number of hydrogen-bond acceptors (Lipinski definition) is 3. The molecule has 19 heavy (non-hydrogen) atoms. The van der Waals surface area contributed by atoms with E-state index in [-0.39, 0.29) is 12.1 Å². The lowest BCUT2D eigenvalue weighted by Crippen LogP contribution is -2.10. The molecule has 0 aliphatic carbocycles. The summed E-state index contributed by atoms with van der Waals surface area (Å²) in [4.78, 5) is 10.4. The Hall–Kier alpha value is -1.12. The van der Waals surface area contributed by atoms with Crippen molar-refractivity contribution in [1.82, 2.24) is 0 Å². The molecular weight excluding hydrogens is 261 g/mol. The maximum Gasteiger partial charge on any atom is 0.208 e. The lowest BCUT2D eigenvalue weighted by molar-refractivity contribution is 0.317. The summed E-state index contributed by atoms with van der Waals surface area (Å²) in [5.41, 5.74) is 0.774. The van der Waals surface area contributed by atoms with Gasteiger partial charge in [-0.25, -0.2) is 0 Å². The molecule has 0 bridgehead atoms. The average Bonchev–Trinajstić information content (AvgIpc) is 2.34. The number of rotatable bonds is 6. The van der Waals surface area contributed by atoms with Crippen LogP contribution >= 0.6 is 7.37 Å². The zero-order chi connectivity index (χ0) is 14.5. The van der Waals surface area contributed by atoms with Gasteiger partial charge in [0.15, 0.2) is 0 Å². The van der Waals surface area contributed by atoms with E-state index in [4.69, 9.17) is 5.21 Å². The van der Waals surface area contributed by atoms with Crippen LogP contribution in [0.2, 0.25) is 0 Å². The molecule has 1 aromatic rings. The Morgan fingerprint density at radius 3 is 2.37 bits per heavy atom. The average molecular weight is 283 g/mol. The third kappa shape index (κ3) is 4.81. The van der Waals surface area contributed by atoms with E-state index in [1.165, 1.54) is 0 Å². The van der Waals surface area contributed by atoms with Gasteiger partial charge >= 0.3 is 0 Å². The first-order chi connectivity index (χ1) is 8.86. The molecule has 0 aliphatic rings. The maximum absolute atomic E-state index is 12.6. The molecule has 0 fully saturated rings. The Morgan fingerprint density at radius 1 is 1.32 bits per heavy atom. The van der Waals surface area contributed by atoms with Crippen LogP contribution in [0.3, 0.4) is 0 Å². The standard InChI is InChI=1S/C14H22NO3P/c1-11(2)10-19(17,18)14(9-12(3)15-16)13-7-5-4-6-8-13/h4-8,11,14,16H,9-10H2,1-3H3,(H,17,18). The third-order valence-corrected chi connectivity index (χ3v) is 5.67. The molecule has 2 atom stereocenters. The summed E-state index contributed by atoms with van der Waals surface area (Å²) in [5, 5.41) is 11.9. The van der Waals surface area contributed by atoms with Gasteiger partial charge in [-0.05, 0) is 18.4 Å². The Morgan fingerprint density at radius 2 is 1.89 bits per heavy atom. The fraction of sp³-hybridized carbons (Fsp3) is 0.500. The van der Waals surface area contributed by atoms with E-state index in [2.05, 4.69) is 5.16 Å². The van der Waals surface area contributed by atoms with Crippen LogP contribution in [0.4, 0.5) is 0 Å². The van der Waals surface area contributed by atoms with Crippen LogP contribution < -0.4 is 0 Å². The molecule has 106 valence electrons. The quantitative estimate of drug-likeness (QED) is 0.360. The summed E-state index contributed by atoms with van der Waals surface area (Å²) in [6.45, 7) is 5.52. The van der Waals surface area contributed by atoms with Crippen molar-refractivity contribution in [2.75, 3.05) is 6.16 Å². The fourth-order valence-corrected chi connectivity index (χ4v) is 4.63. The van der Waals surface area contributed by atoms with E-state index in [1.807, 2.05) is 44.2 Å². The first-order valence-electron chi connectivity index (χ1n) is 6.40. The van der Waals surface area contributed by atoms with Crippen LogP contribution in [-0.4, -0.2) is 22.0 Å². The van der Waals surface area contributed by atoms with Crippen molar-refractivity contribution in [3.05, 3.63) is 35.9 Å². The lowest BCUT2D eigenvalue weighted by atomic mass is 10.1. The van der Waals surface area contributed by atoms with Gasteiger partial charge < -0.3 is 10.1 Å². The number of hydrogen-bond donors (Lipinski definition) is 2. The minimum Gasteiger partial charge on any atom is -0.411 e. The van der Waals surface area contributed by atoms with Crippen molar-refractivity contribution in [3.8, 4) is 0 Å². The normalized spacial score (nSPS) is 17.2. The first-order valence-corrected chi connectivity index (χ1v) is 8.32. The molecule has 0 amide bonds. The van der Waals surface area contributed by atoms with Crippen LogP contribution in [0.1, 0.15) is 38.4 Å². The minimum absolute atomic E-state index is 0.147. The number of oxime groups is 1. The first kappa shape index (κ1) is 15.9. The molecule has 0 radical (unpaired) electrons. The van der Waals surface area contributed by atoms with Crippen LogP contribution in [0.15, 0.2) is 35.5 Å². The highest BCUT2D eigenvalue weighted by atomic mass is 31.2. The smallest absolute Gasteiger partial charge is 0.208 e. The SMILES string of the molecule is CC(CC(c1ccccc1)P(=O)(O)CC(C)C)=NO. The molecule has 1 aromatic carbocycles. The maximum atomic E-state index is 12.6. The second kappa shape index (κ2) is 6.88. The van der Waals surface area contributed by atoms with Gasteiger partial charge in [-0.3, -0.25) is 4.57 Å². The highest BCUT2D eigenvalue weighted by Gasteiger charge is 2.33. The van der Waals surface area contributed by atoms with Gasteiger partial charge in [-0.2, -0.15) is 0 Å². The summed E-state index contributed by atoms with van der Waals surface area (Å²) in [6.07, 6.45) is 0.562. The predicted octanol–water partition coefficient (Wildman–Crippen LogP) is 3.89. The molecule has 2 N–H and O–H groups in total. The van der Waals surface area contributed by atoms with Crippen molar-refractivity contribution in [2.45, 2.75) is 32.9 Å². The molecule has 1 rings (SSSR count). The van der Waals surface area contributed by atoms with Crippen LogP contribution in [0, 0.1) is 5.92 Å². The largest absolute Gasteiger partial charge is 0.411 e. The van der Waals surface area contributed by atoms with Crippen LogP contribution in [0.5, 0.6) is 0 Å². The Labute approximate surface area is 114 Å². The van der Waals surface area contributed by atoms with E-state index in [0.717, 1.165) is 5.56 Å². The molecule has 0 aliphatic heterocycles. The minimum atomic E-state index is -3.34. The van der Waals surface area contributed by atoms with E-state index < -0.39 is 13.0 Å². The zero-order valence-electron chi connectivity index (χ0n) is 11.7. The second-order valence-electron chi connectivity index (χ2n) is 5.30. The summed E-state index contributed by atoms with van der Waals surface area (Å²) in [6, 6.07) is 9.27. The van der Waals surface area contributed by atoms with Gasteiger partial charge in [0.1, 0.15) is 0 Å². The van der Waals surface area contributed by atoms with Gasteiger partial charge in [0.25, 0.3) is 0 Å². The van der Waals surface area contributed by atoms with E-state index in [0.29, 0.717) is 12.1 Å². The molecule has 0 saturated heterocycles. The summed E-state index contributed by atoms with van der Waals surface area (Å²) in [5.74, 6) is 0.147. The predicted molar refractivity (Wildman–Crippen MR) is 78.2 cm³/mol. The van der Waals surface area contributed by atoms with Crippen LogP contribution in [-0.2, 0) is 4.57 Å². The van der Waals surface area contributed by atoms with Gasteiger partial charge in [-0.1, -0.05) is 49.3 Å². The Balaban J connectivity index is 3.09. The van der Waals surface area contributed by atoms with E-state index in [9.17, 15) is 9.46 Å². The highest BCUT2D eigenvalue weighted by molar-refractivity contribution is 7.58. The molecule has 0 heterocycles. The Bertz CT molecular complexity index is 471. The summed E-state index contributed by atoms with van der Waals surface area (Å²) >= 11 is 0. The summed E-state index contributed by atoms with van der Waals surface area (Å²) < 4.78 is 12.6. The van der Waals surface area contributed by atoms with Gasteiger partial charge in [0, 0.05) is 12.6 Å². The van der Waals surface area contributed by atoms with Gasteiger partial charge in [0.05, 0.1) is 11.4 Å². The third-order valence-electron chi connectivity index (χ3n) is 2.96. The van der Waals surface area contributed by atoms with Crippen molar-refractivity contribution in [3.63, 3.8) is 0 Å². The number of nitrogens with zero attached hydrogens (tertiary/aromatic N) is 1. The van der Waals surface area contributed by atoms with Crippen LogP contribution in [0.25, 0.3) is 0 Å².